The number of imidazole rings is 1. The van der Waals surface area contributed by atoms with E-state index in [1.165, 1.54) is 0 Å². The predicted octanol–water partition coefficient (Wildman–Crippen LogP) is 2.49. The van der Waals surface area contributed by atoms with Crippen LogP contribution in [0.1, 0.15) is 12.8 Å². The van der Waals surface area contributed by atoms with Gasteiger partial charge < -0.3 is 14.6 Å². The molecule has 0 atom stereocenters. The Labute approximate surface area is 162 Å². The number of fused-ring (bicyclic) bond motifs is 1. The molecule has 140 valence electrons. The summed E-state index contributed by atoms with van der Waals surface area (Å²) >= 11 is 1.58. The van der Waals surface area contributed by atoms with E-state index < -0.39 is 7.05 Å². The third-order valence-corrected chi connectivity index (χ3v) is 5.48. The van der Waals surface area contributed by atoms with E-state index in [0.29, 0.717) is 5.88 Å². The van der Waals surface area contributed by atoms with Crippen LogP contribution in [0.15, 0.2) is 41.8 Å². The van der Waals surface area contributed by atoms with Crippen molar-refractivity contribution in [3.8, 4) is 11.6 Å². The number of thioether (sulfide) groups is 1. The number of aromatic nitrogens is 4. The molecule has 0 aromatic carbocycles. The van der Waals surface area contributed by atoms with Gasteiger partial charge in [-0.15, -0.1) is 0 Å². The van der Waals surface area contributed by atoms with Gasteiger partial charge in [-0.3, -0.25) is 4.57 Å². The maximum absolute atomic E-state index is 9.65. The molecule has 1 N–H and O–H groups in total. The predicted molar refractivity (Wildman–Crippen MR) is 108 cm³/mol. The topological polar surface area (TPSA) is 76.3 Å². The standard InChI is InChI=1S/C18H22BN5O2S/c1-19(25)23-10-7-14(8-11-23)26-16-6-5-13(12-21-16)24-17-15(4-3-9-20-17)22-18(24)27-2/h3-6,9,12,14,25H,7-8,10-11H2,1-2H3. The minimum absolute atomic E-state index is 0.135. The highest BCUT2D eigenvalue weighted by Crippen LogP contribution is 2.26. The molecule has 4 rings (SSSR count). The first-order chi connectivity index (χ1) is 13.2. The average molecular weight is 383 g/mol. The molecule has 0 aliphatic carbocycles. The molecule has 1 aliphatic heterocycles. The van der Waals surface area contributed by atoms with Gasteiger partial charge in [0.1, 0.15) is 11.6 Å². The number of hydrogen-bond donors (Lipinski definition) is 1. The molecule has 0 bridgehead atoms. The first-order valence-corrected chi connectivity index (χ1v) is 10.3. The van der Waals surface area contributed by atoms with Crippen LogP contribution < -0.4 is 4.74 Å². The molecule has 0 spiro atoms. The van der Waals surface area contributed by atoms with Crippen molar-refractivity contribution < 1.29 is 9.76 Å². The van der Waals surface area contributed by atoms with E-state index in [9.17, 15) is 5.02 Å². The lowest BCUT2D eigenvalue weighted by Crippen LogP contribution is -2.45. The van der Waals surface area contributed by atoms with Crippen LogP contribution in [0.2, 0.25) is 6.82 Å². The molecular weight excluding hydrogens is 361 g/mol. The molecule has 0 amide bonds. The molecular formula is C18H22BN5O2S. The Bertz CT molecular complexity index is 910. The summed E-state index contributed by atoms with van der Waals surface area (Å²) < 4.78 is 8.05. The molecule has 9 heteroatoms. The van der Waals surface area contributed by atoms with E-state index in [-0.39, 0.29) is 6.10 Å². The Morgan fingerprint density at radius 1 is 1.22 bits per heavy atom. The Morgan fingerprint density at radius 3 is 2.70 bits per heavy atom. The average Bonchev–Trinajstić information content (AvgIpc) is 3.08. The van der Waals surface area contributed by atoms with Gasteiger partial charge in [0.05, 0.1) is 11.9 Å². The highest BCUT2D eigenvalue weighted by molar-refractivity contribution is 7.98. The lowest BCUT2D eigenvalue weighted by atomic mass is 9.82. The van der Waals surface area contributed by atoms with Gasteiger partial charge in [-0.1, -0.05) is 11.8 Å². The van der Waals surface area contributed by atoms with E-state index in [0.717, 1.165) is 47.9 Å². The van der Waals surface area contributed by atoms with E-state index in [1.807, 2.05) is 35.1 Å². The molecule has 1 aliphatic rings. The maximum atomic E-state index is 9.65. The van der Waals surface area contributed by atoms with Gasteiger partial charge in [0.15, 0.2) is 10.8 Å². The van der Waals surface area contributed by atoms with Crippen molar-refractivity contribution in [1.82, 2.24) is 24.3 Å². The molecule has 3 aromatic rings. The number of ether oxygens (including phenoxy) is 1. The molecule has 0 radical (unpaired) electrons. The summed E-state index contributed by atoms with van der Waals surface area (Å²) in [7, 11) is -0.396. The zero-order valence-corrected chi connectivity index (χ0v) is 16.3. The van der Waals surface area contributed by atoms with Gasteiger partial charge in [0, 0.05) is 12.3 Å². The third-order valence-electron chi connectivity index (χ3n) is 4.84. The highest BCUT2D eigenvalue weighted by Gasteiger charge is 2.25. The first kappa shape index (κ1) is 18.3. The van der Waals surface area contributed by atoms with E-state index >= 15 is 0 Å². The summed E-state index contributed by atoms with van der Waals surface area (Å²) in [6.45, 7) is 3.48. The maximum Gasteiger partial charge on any atom is 0.376 e. The number of hydrogen-bond acceptors (Lipinski definition) is 7. The van der Waals surface area contributed by atoms with Crippen molar-refractivity contribution in [2.45, 2.75) is 30.9 Å². The normalized spacial score (nSPS) is 16.0. The second-order valence-corrected chi connectivity index (χ2v) is 7.39. The van der Waals surface area contributed by atoms with Gasteiger partial charge in [0.25, 0.3) is 0 Å². The van der Waals surface area contributed by atoms with Crippen molar-refractivity contribution in [3.63, 3.8) is 0 Å². The van der Waals surface area contributed by atoms with Crippen LogP contribution in [0.4, 0.5) is 0 Å². The number of rotatable bonds is 5. The monoisotopic (exact) mass is 383 g/mol. The van der Waals surface area contributed by atoms with Crippen LogP contribution in [-0.4, -0.2) is 61.9 Å². The molecule has 4 heterocycles. The van der Waals surface area contributed by atoms with Crippen LogP contribution in [-0.2, 0) is 0 Å². The van der Waals surface area contributed by atoms with Crippen LogP contribution in [0.25, 0.3) is 16.9 Å². The minimum atomic E-state index is -0.396. The van der Waals surface area contributed by atoms with Crippen LogP contribution in [0.3, 0.4) is 0 Å². The number of piperidine rings is 1. The van der Waals surface area contributed by atoms with Crippen LogP contribution in [0, 0.1) is 0 Å². The summed E-state index contributed by atoms with van der Waals surface area (Å²) in [6, 6.07) is 7.74. The van der Waals surface area contributed by atoms with Crippen molar-refractivity contribution in [1.29, 1.82) is 0 Å². The third kappa shape index (κ3) is 3.80. The first-order valence-electron chi connectivity index (χ1n) is 9.08. The molecule has 0 unspecified atom stereocenters. The molecule has 1 saturated heterocycles. The number of nitrogens with zero attached hydrogens (tertiary/aromatic N) is 5. The number of pyridine rings is 2. The fourth-order valence-corrected chi connectivity index (χ4v) is 3.94. The lowest BCUT2D eigenvalue weighted by molar-refractivity contribution is 0.123. The highest BCUT2D eigenvalue weighted by atomic mass is 32.2. The quantitative estimate of drug-likeness (QED) is 0.536. The molecule has 0 saturated carbocycles. The largest absolute Gasteiger partial charge is 0.474 e. The lowest BCUT2D eigenvalue weighted by Gasteiger charge is -2.32. The zero-order chi connectivity index (χ0) is 18.8. The van der Waals surface area contributed by atoms with Gasteiger partial charge in [-0.2, -0.15) is 0 Å². The SMILES string of the molecule is CSc1nc2cccnc2n1-c1ccc(OC2CCN(B(C)O)CC2)nc1. The summed E-state index contributed by atoms with van der Waals surface area (Å²) in [5.41, 5.74) is 2.60. The Balaban J connectivity index is 1.50. The van der Waals surface area contributed by atoms with Gasteiger partial charge in [-0.25, -0.2) is 15.0 Å². The second kappa shape index (κ2) is 7.88. The van der Waals surface area contributed by atoms with Gasteiger partial charge >= 0.3 is 7.05 Å². The zero-order valence-electron chi connectivity index (χ0n) is 15.4. The Hall–Kier alpha value is -2.10. The van der Waals surface area contributed by atoms with Gasteiger partial charge in [0.2, 0.25) is 5.88 Å². The van der Waals surface area contributed by atoms with Crippen molar-refractivity contribution >= 4 is 30.0 Å². The Kier molecular flexibility index (Phi) is 5.33. The summed E-state index contributed by atoms with van der Waals surface area (Å²) in [4.78, 5) is 15.6. The summed E-state index contributed by atoms with van der Waals surface area (Å²) in [5, 5.41) is 10.5. The fraction of sp³-hybridized carbons (Fsp3) is 0.389. The molecule has 27 heavy (non-hydrogen) atoms. The summed E-state index contributed by atoms with van der Waals surface area (Å²) in [5.74, 6) is 0.623. The summed E-state index contributed by atoms with van der Waals surface area (Å²) in [6.07, 6.45) is 7.49. The van der Waals surface area contributed by atoms with E-state index in [2.05, 4.69) is 19.8 Å². The van der Waals surface area contributed by atoms with Crippen molar-refractivity contribution in [2.24, 2.45) is 0 Å². The second-order valence-electron chi connectivity index (χ2n) is 6.62. The van der Waals surface area contributed by atoms with E-state index in [4.69, 9.17) is 4.74 Å². The minimum Gasteiger partial charge on any atom is -0.474 e. The molecule has 3 aromatic heterocycles. The van der Waals surface area contributed by atoms with Gasteiger partial charge in [-0.05, 0) is 57.2 Å². The Morgan fingerprint density at radius 2 is 2.04 bits per heavy atom. The smallest absolute Gasteiger partial charge is 0.376 e. The van der Waals surface area contributed by atoms with E-state index in [1.54, 1.807) is 31.0 Å². The van der Waals surface area contributed by atoms with Crippen LogP contribution in [0.5, 0.6) is 5.88 Å². The van der Waals surface area contributed by atoms with Crippen molar-refractivity contribution in [2.75, 3.05) is 19.3 Å². The fourth-order valence-electron chi connectivity index (χ4n) is 3.37. The van der Waals surface area contributed by atoms with Crippen molar-refractivity contribution in [3.05, 3.63) is 36.7 Å². The molecule has 7 nitrogen and oxygen atoms in total. The molecule has 1 fully saturated rings. The van der Waals surface area contributed by atoms with Crippen LogP contribution >= 0.6 is 11.8 Å².